The largest absolute Gasteiger partial charge is 0.396 e. The van der Waals surface area contributed by atoms with Crippen molar-refractivity contribution < 1.29 is 24.2 Å². The van der Waals surface area contributed by atoms with Crippen LogP contribution in [0.4, 0.5) is 5.69 Å². The fraction of sp³-hybridized carbons (Fsp3) is 0.667. The van der Waals surface area contributed by atoms with Gasteiger partial charge in [0.25, 0.3) is 0 Å². The highest BCUT2D eigenvalue weighted by molar-refractivity contribution is 6.34. The van der Waals surface area contributed by atoms with E-state index in [0.717, 1.165) is 18.4 Å². The van der Waals surface area contributed by atoms with Crippen LogP contribution in [0.3, 0.4) is 0 Å². The number of carbonyl (C=O) groups excluding carboxylic acids is 3. The van der Waals surface area contributed by atoms with E-state index in [1.54, 1.807) is 11.0 Å². The van der Waals surface area contributed by atoms with Crippen LogP contribution in [0.15, 0.2) is 18.2 Å². The third-order valence-corrected chi connectivity index (χ3v) is 8.74. The third-order valence-electron chi connectivity index (χ3n) is 8.42. The molecule has 198 valence electrons. The van der Waals surface area contributed by atoms with Crippen LogP contribution in [0, 0.1) is 24.7 Å². The van der Waals surface area contributed by atoms with Gasteiger partial charge in [0.05, 0.1) is 28.1 Å². The van der Waals surface area contributed by atoms with Crippen LogP contribution < -0.4 is 10.6 Å². The Morgan fingerprint density at radius 1 is 1.25 bits per heavy atom. The molecule has 1 spiro atoms. The molecule has 0 saturated carbocycles. The number of fused-ring (bicyclic) bond motifs is 1. The number of hydrogen-bond acceptors (Lipinski definition) is 5. The zero-order valence-electron chi connectivity index (χ0n) is 21.6. The molecule has 3 aliphatic heterocycles. The van der Waals surface area contributed by atoms with E-state index < -0.39 is 29.1 Å². The number of aliphatic hydroxyl groups is 1. The van der Waals surface area contributed by atoms with Crippen LogP contribution in [0.5, 0.6) is 0 Å². The number of benzene rings is 1. The van der Waals surface area contributed by atoms with E-state index >= 15 is 0 Å². The molecule has 0 radical (unpaired) electrons. The average molecular weight is 520 g/mol. The summed E-state index contributed by atoms with van der Waals surface area (Å²) < 4.78 is 6.70. The average Bonchev–Trinajstić information content (AvgIpc) is 3.34. The lowest BCUT2D eigenvalue weighted by Crippen LogP contribution is -2.54. The second-order valence-corrected chi connectivity index (χ2v) is 11.1. The monoisotopic (exact) mass is 519 g/mol. The van der Waals surface area contributed by atoms with Gasteiger partial charge < -0.3 is 25.4 Å². The Hall–Kier alpha value is -2.16. The number of para-hydroxylation sites is 1. The lowest BCUT2D eigenvalue weighted by atomic mass is 9.62. The molecule has 0 aromatic heterocycles. The van der Waals surface area contributed by atoms with E-state index in [1.165, 1.54) is 0 Å². The first kappa shape index (κ1) is 26.9. The summed E-state index contributed by atoms with van der Waals surface area (Å²) in [6.45, 7) is 8.75. The van der Waals surface area contributed by atoms with Crippen molar-refractivity contribution in [3.05, 3.63) is 28.8 Å². The van der Waals surface area contributed by atoms with Gasteiger partial charge in [-0.2, -0.15) is 0 Å². The molecular formula is C27H38ClN3O5. The quantitative estimate of drug-likeness (QED) is 0.411. The molecule has 1 aromatic rings. The molecule has 3 N–H and O–H groups in total. The normalized spacial score (nSPS) is 32.6. The Labute approximate surface area is 218 Å². The number of hydrogen-bond donors (Lipinski definition) is 3. The summed E-state index contributed by atoms with van der Waals surface area (Å²) in [6, 6.07) is 4.52. The molecule has 4 rings (SSSR count). The molecule has 1 aromatic carbocycles. The van der Waals surface area contributed by atoms with Gasteiger partial charge in [0.2, 0.25) is 17.7 Å². The first-order valence-corrected chi connectivity index (χ1v) is 13.4. The first-order chi connectivity index (χ1) is 17.1. The number of aliphatic hydroxyl groups excluding tert-OH is 1. The number of halogens is 1. The number of nitrogens with zero attached hydrogens (tertiary/aromatic N) is 1. The van der Waals surface area contributed by atoms with Gasteiger partial charge in [-0.05, 0) is 63.5 Å². The van der Waals surface area contributed by atoms with E-state index in [1.807, 2.05) is 39.8 Å². The van der Waals surface area contributed by atoms with Gasteiger partial charge in [0, 0.05) is 19.7 Å². The number of nitrogens with one attached hydrogen (secondary N) is 2. The molecular weight excluding hydrogens is 482 g/mol. The van der Waals surface area contributed by atoms with Gasteiger partial charge in [-0.3, -0.25) is 14.4 Å². The zero-order valence-corrected chi connectivity index (χ0v) is 22.4. The van der Waals surface area contributed by atoms with Crippen LogP contribution in [-0.4, -0.2) is 64.7 Å². The number of likely N-dealkylation sites (tertiary alicyclic amines) is 1. The summed E-state index contributed by atoms with van der Waals surface area (Å²) in [6.07, 6.45) is 3.30. The molecule has 3 unspecified atom stereocenters. The van der Waals surface area contributed by atoms with Gasteiger partial charge in [-0.1, -0.05) is 37.6 Å². The summed E-state index contributed by atoms with van der Waals surface area (Å²) >= 11 is 6.41. The lowest BCUT2D eigenvalue weighted by molar-refractivity contribution is -0.146. The van der Waals surface area contributed by atoms with Crippen molar-refractivity contribution in [1.29, 1.82) is 0 Å². The van der Waals surface area contributed by atoms with Gasteiger partial charge >= 0.3 is 0 Å². The predicted molar refractivity (Wildman–Crippen MR) is 138 cm³/mol. The van der Waals surface area contributed by atoms with Crippen molar-refractivity contribution in [3.8, 4) is 0 Å². The molecule has 6 atom stereocenters. The second kappa shape index (κ2) is 10.3. The molecule has 3 amide bonds. The highest BCUT2D eigenvalue weighted by Gasteiger charge is 2.79. The van der Waals surface area contributed by atoms with Crippen molar-refractivity contribution in [2.24, 2.45) is 17.8 Å². The molecule has 2 bridgehead atoms. The van der Waals surface area contributed by atoms with Gasteiger partial charge in [0.1, 0.15) is 11.6 Å². The van der Waals surface area contributed by atoms with Crippen molar-refractivity contribution >= 4 is 35.0 Å². The predicted octanol–water partition coefficient (Wildman–Crippen LogP) is 3.29. The minimum absolute atomic E-state index is 0.00869. The number of carbonyl (C=O) groups is 3. The second-order valence-electron chi connectivity index (χ2n) is 10.7. The fourth-order valence-corrected chi connectivity index (χ4v) is 6.86. The molecule has 3 saturated heterocycles. The molecule has 3 heterocycles. The SMILES string of the molecule is CCCNC(=O)[C@H]1[C@H]2C(=O)N(CCCCCO)C(C(=O)Nc3c(C)cccc3Cl)C23CC(C)[C@]1(C)O3. The number of rotatable bonds is 10. The van der Waals surface area contributed by atoms with Crippen molar-refractivity contribution in [3.63, 3.8) is 0 Å². The topological polar surface area (TPSA) is 108 Å². The van der Waals surface area contributed by atoms with Crippen LogP contribution in [-0.2, 0) is 19.1 Å². The maximum atomic E-state index is 14.0. The first-order valence-electron chi connectivity index (χ1n) is 13.1. The lowest BCUT2D eigenvalue weighted by Gasteiger charge is -2.36. The Balaban J connectivity index is 1.73. The highest BCUT2D eigenvalue weighted by atomic mass is 35.5. The summed E-state index contributed by atoms with van der Waals surface area (Å²) in [5, 5.41) is 15.6. The van der Waals surface area contributed by atoms with E-state index in [-0.39, 0.29) is 30.2 Å². The third kappa shape index (κ3) is 4.21. The van der Waals surface area contributed by atoms with Crippen LogP contribution in [0.25, 0.3) is 0 Å². The highest BCUT2D eigenvalue weighted by Crippen LogP contribution is 2.65. The molecule has 9 heteroatoms. The zero-order chi connectivity index (χ0) is 26.3. The van der Waals surface area contributed by atoms with E-state index in [2.05, 4.69) is 10.6 Å². The molecule has 3 aliphatic rings. The number of amides is 3. The van der Waals surface area contributed by atoms with E-state index in [9.17, 15) is 19.5 Å². The fourth-order valence-electron chi connectivity index (χ4n) is 6.59. The van der Waals surface area contributed by atoms with Gasteiger partial charge in [-0.25, -0.2) is 0 Å². The summed E-state index contributed by atoms with van der Waals surface area (Å²) in [5.41, 5.74) is -0.589. The van der Waals surface area contributed by atoms with Crippen LogP contribution in [0.2, 0.25) is 5.02 Å². The van der Waals surface area contributed by atoms with Crippen molar-refractivity contribution in [2.45, 2.75) is 77.0 Å². The van der Waals surface area contributed by atoms with Gasteiger partial charge in [0.15, 0.2) is 0 Å². The smallest absolute Gasteiger partial charge is 0.250 e. The number of ether oxygens (including phenoxy) is 1. The number of unbranched alkanes of at least 4 members (excludes halogenated alkanes) is 2. The number of aryl methyl sites for hydroxylation is 1. The van der Waals surface area contributed by atoms with E-state index in [0.29, 0.717) is 43.1 Å². The molecule has 36 heavy (non-hydrogen) atoms. The Morgan fingerprint density at radius 3 is 2.67 bits per heavy atom. The maximum Gasteiger partial charge on any atom is 0.250 e. The summed E-state index contributed by atoms with van der Waals surface area (Å²) in [7, 11) is 0. The molecule has 0 aliphatic carbocycles. The Kier molecular flexibility index (Phi) is 7.70. The van der Waals surface area contributed by atoms with E-state index in [4.69, 9.17) is 16.3 Å². The van der Waals surface area contributed by atoms with Crippen molar-refractivity contribution in [2.75, 3.05) is 25.0 Å². The van der Waals surface area contributed by atoms with Crippen LogP contribution in [0.1, 0.15) is 58.4 Å². The number of anilines is 1. The molecule has 8 nitrogen and oxygen atoms in total. The standard InChI is InChI=1S/C27H38ClN3O5/c1-5-12-29-23(33)19-20-25(35)31(13-7-6-8-14-32)22(27(20)15-17(3)26(19,4)36-27)24(34)30-21-16(2)10-9-11-18(21)28/h9-11,17,19-20,22,32H,5-8,12-15H2,1-4H3,(H,29,33)(H,30,34)/t17?,19-,20+,22?,26+,27?/m1/s1. The van der Waals surface area contributed by atoms with Crippen LogP contribution >= 0.6 is 11.6 Å². The maximum absolute atomic E-state index is 14.0. The van der Waals surface area contributed by atoms with Gasteiger partial charge in [-0.15, -0.1) is 0 Å². The summed E-state index contributed by atoms with van der Waals surface area (Å²) in [5.74, 6) is -2.14. The van der Waals surface area contributed by atoms with Crippen molar-refractivity contribution in [1.82, 2.24) is 10.2 Å². The summed E-state index contributed by atoms with van der Waals surface area (Å²) in [4.78, 5) is 42.9. The minimum atomic E-state index is -1.09. The molecule has 3 fully saturated rings. The Bertz CT molecular complexity index is 1010. The Morgan fingerprint density at radius 2 is 2.00 bits per heavy atom. The minimum Gasteiger partial charge on any atom is -0.396 e.